The van der Waals surface area contributed by atoms with Gasteiger partial charge in [-0.15, -0.1) is 11.8 Å². The van der Waals surface area contributed by atoms with Crippen LogP contribution in [0.1, 0.15) is 29.7 Å². The third kappa shape index (κ3) is 6.53. The van der Waals surface area contributed by atoms with Crippen LogP contribution in [0.5, 0.6) is 5.75 Å². The number of aromatic nitrogens is 3. The third-order valence-corrected chi connectivity index (χ3v) is 10.0. The number of rotatable bonds is 9. The van der Waals surface area contributed by atoms with Crippen LogP contribution in [0.2, 0.25) is 0 Å². The van der Waals surface area contributed by atoms with Gasteiger partial charge in [0, 0.05) is 22.2 Å². The van der Waals surface area contributed by atoms with Crippen LogP contribution >= 0.6 is 23.1 Å². The molecule has 7 rings (SSSR count). The number of allylic oxidation sites excluding steroid dienone is 1. The molecular weight excluding hydrogens is 653 g/mol. The maximum Gasteiger partial charge on any atom is 0.338 e. The summed E-state index contributed by atoms with van der Waals surface area (Å²) in [5, 5.41) is 4.93. The lowest BCUT2D eigenvalue weighted by molar-refractivity contribution is -0.140. The van der Waals surface area contributed by atoms with Crippen molar-refractivity contribution in [3.05, 3.63) is 163 Å². The lowest BCUT2D eigenvalue weighted by Crippen LogP contribution is -2.39. The van der Waals surface area contributed by atoms with Gasteiger partial charge in [-0.3, -0.25) is 9.36 Å². The van der Waals surface area contributed by atoms with Crippen LogP contribution in [0.3, 0.4) is 0 Å². The van der Waals surface area contributed by atoms with Crippen LogP contribution in [-0.2, 0) is 16.1 Å². The van der Waals surface area contributed by atoms with E-state index in [1.165, 1.54) is 11.3 Å². The fraction of sp³-hybridized carbons (Fsp3) is 0.128. The van der Waals surface area contributed by atoms with Crippen molar-refractivity contribution in [2.75, 3.05) is 13.4 Å². The van der Waals surface area contributed by atoms with Crippen molar-refractivity contribution in [1.82, 2.24) is 14.3 Å². The summed E-state index contributed by atoms with van der Waals surface area (Å²) in [6, 6.07) is 34.2. The molecule has 10 heteroatoms. The summed E-state index contributed by atoms with van der Waals surface area (Å²) >= 11 is 2.91. The second-order valence-corrected chi connectivity index (χ2v) is 13.2. The number of thioether (sulfide) groups is 1. The topological polar surface area (TPSA) is 87.7 Å². The number of carbonyl (C=O) groups excluding carboxylic acids is 1. The average molecular weight is 685 g/mol. The van der Waals surface area contributed by atoms with E-state index >= 15 is 0 Å². The van der Waals surface area contributed by atoms with Gasteiger partial charge < -0.3 is 9.47 Å². The Morgan fingerprint density at radius 3 is 2.31 bits per heavy atom. The molecule has 4 aromatic carbocycles. The Hall–Kier alpha value is -5.45. The molecule has 0 aliphatic carbocycles. The molecule has 244 valence electrons. The van der Waals surface area contributed by atoms with Gasteiger partial charge in [0.05, 0.1) is 34.6 Å². The van der Waals surface area contributed by atoms with Crippen LogP contribution in [0.4, 0.5) is 0 Å². The predicted molar refractivity (Wildman–Crippen MR) is 194 cm³/mol. The standard InChI is InChI=1S/C39H32N4O4S2/c1-25-34(38(45)47-24-26-10-6-4-7-11-26)36(28-16-20-32(48-3)21-17-28)43-37(44)33(49-39(43)40-25)22-29-23-42(30-12-8-5-9-13-30)41-35(29)27-14-18-31(46-2)19-15-27/h4-23,36H,24H2,1-3H3. The summed E-state index contributed by atoms with van der Waals surface area (Å²) in [5.74, 6) is 0.226. The molecule has 1 aliphatic heterocycles. The van der Waals surface area contributed by atoms with E-state index in [4.69, 9.17) is 19.6 Å². The number of fused-ring (bicyclic) bond motifs is 1. The average Bonchev–Trinajstić information content (AvgIpc) is 3.71. The second-order valence-electron chi connectivity index (χ2n) is 11.4. The van der Waals surface area contributed by atoms with Gasteiger partial charge in [-0.25, -0.2) is 14.5 Å². The number of esters is 1. The summed E-state index contributed by atoms with van der Waals surface area (Å²) < 4.78 is 15.1. The van der Waals surface area contributed by atoms with Gasteiger partial charge in [0.1, 0.15) is 18.1 Å². The van der Waals surface area contributed by atoms with Crippen LogP contribution < -0.4 is 19.6 Å². The van der Waals surface area contributed by atoms with Gasteiger partial charge in [-0.2, -0.15) is 5.10 Å². The summed E-state index contributed by atoms with van der Waals surface area (Å²) in [6.45, 7) is 1.91. The molecule has 0 fully saturated rings. The van der Waals surface area contributed by atoms with E-state index in [2.05, 4.69) is 0 Å². The first-order valence-electron chi connectivity index (χ1n) is 15.6. The fourth-order valence-corrected chi connectivity index (χ4v) is 7.25. The van der Waals surface area contributed by atoms with Crippen molar-refractivity contribution in [1.29, 1.82) is 0 Å². The van der Waals surface area contributed by atoms with Crippen molar-refractivity contribution in [2.45, 2.75) is 24.5 Å². The minimum absolute atomic E-state index is 0.110. The number of methoxy groups -OCH3 is 1. The number of ether oxygens (including phenoxy) is 2. The molecule has 0 spiro atoms. The molecule has 1 aliphatic rings. The minimum Gasteiger partial charge on any atom is -0.497 e. The number of thiazole rings is 1. The fourth-order valence-electron chi connectivity index (χ4n) is 5.81. The Balaban J connectivity index is 1.36. The first-order chi connectivity index (χ1) is 23.9. The van der Waals surface area contributed by atoms with Crippen LogP contribution in [0, 0.1) is 0 Å². The molecule has 0 bridgehead atoms. The Labute approximate surface area is 291 Å². The largest absolute Gasteiger partial charge is 0.497 e. The molecule has 0 radical (unpaired) electrons. The molecule has 0 N–H and O–H groups in total. The third-order valence-electron chi connectivity index (χ3n) is 8.30. The molecule has 8 nitrogen and oxygen atoms in total. The number of hydrogen-bond donors (Lipinski definition) is 0. The van der Waals surface area contributed by atoms with E-state index in [1.54, 1.807) is 30.4 Å². The molecular formula is C39H32N4O4S2. The first-order valence-corrected chi connectivity index (χ1v) is 17.6. The number of benzene rings is 4. The zero-order chi connectivity index (χ0) is 33.9. The van der Waals surface area contributed by atoms with Crippen molar-refractivity contribution in [3.8, 4) is 22.7 Å². The number of hydrogen-bond acceptors (Lipinski definition) is 8. The van der Waals surface area contributed by atoms with E-state index in [0.29, 0.717) is 26.3 Å². The Kier molecular flexibility index (Phi) is 9.15. The highest BCUT2D eigenvalue weighted by molar-refractivity contribution is 7.98. The van der Waals surface area contributed by atoms with Gasteiger partial charge >= 0.3 is 5.97 Å². The van der Waals surface area contributed by atoms with E-state index < -0.39 is 12.0 Å². The number of para-hydroxylation sites is 1. The SMILES string of the molecule is COc1ccc(-c2nn(-c3ccccc3)cc2C=c2sc3n(c2=O)C(c2ccc(SC)cc2)C(C(=O)OCc2ccccc2)=C(C)N=3)cc1. The quantitative estimate of drug-likeness (QED) is 0.127. The van der Waals surface area contributed by atoms with Crippen LogP contribution in [-0.4, -0.2) is 33.7 Å². The normalized spacial score (nSPS) is 14.3. The van der Waals surface area contributed by atoms with Gasteiger partial charge in [-0.1, -0.05) is 72.0 Å². The Morgan fingerprint density at radius 2 is 1.63 bits per heavy atom. The Bertz CT molecular complexity index is 2340. The van der Waals surface area contributed by atoms with Crippen molar-refractivity contribution < 1.29 is 14.3 Å². The molecule has 2 aromatic heterocycles. The summed E-state index contributed by atoms with van der Waals surface area (Å²) in [6.07, 6.45) is 5.79. The smallest absolute Gasteiger partial charge is 0.338 e. The molecule has 3 heterocycles. The molecule has 1 atom stereocenters. The van der Waals surface area contributed by atoms with Crippen molar-refractivity contribution in [2.24, 2.45) is 4.99 Å². The lowest BCUT2D eigenvalue weighted by Gasteiger charge is -2.25. The zero-order valence-corrected chi connectivity index (χ0v) is 28.7. The summed E-state index contributed by atoms with van der Waals surface area (Å²) in [5.41, 5.74) is 5.50. The van der Waals surface area contributed by atoms with Crippen LogP contribution in [0.15, 0.2) is 141 Å². The van der Waals surface area contributed by atoms with E-state index in [-0.39, 0.29) is 12.2 Å². The Morgan fingerprint density at radius 1 is 0.939 bits per heavy atom. The highest BCUT2D eigenvalue weighted by Gasteiger charge is 2.33. The summed E-state index contributed by atoms with van der Waals surface area (Å²) in [4.78, 5) is 34.6. The van der Waals surface area contributed by atoms with Crippen molar-refractivity contribution >= 4 is 35.1 Å². The molecule has 6 aromatic rings. The van der Waals surface area contributed by atoms with Gasteiger partial charge in [0.2, 0.25) is 0 Å². The van der Waals surface area contributed by atoms with Crippen LogP contribution in [0.25, 0.3) is 23.0 Å². The molecule has 49 heavy (non-hydrogen) atoms. The first kappa shape index (κ1) is 32.1. The highest BCUT2D eigenvalue weighted by Crippen LogP contribution is 2.32. The monoisotopic (exact) mass is 684 g/mol. The van der Waals surface area contributed by atoms with E-state index in [0.717, 1.165) is 38.6 Å². The van der Waals surface area contributed by atoms with Gasteiger partial charge in [0.25, 0.3) is 5.56 Å². The molecule has 1 unspecified atom stereocenters. The maximum atomic E-state index is 14.4. The minimum atomic E-state index is -0.717. The molecule has 0 amide bonds. The van der Waals surface area contributed by atoms with Crippen molar-refractivity contribution in [3.63, 3.8) is 0 Å². The maximum absolute atomic E-state index is 14.4. The van der Waals surface area contributed by atoms with E-state index in [9.17, 15) is 9.59 Å². The molecule has 0 saturated heterocycles. The highest BCUT2D eigenvalue weighted by atomic mass is 32.2. The second kappa shape index (κ2) is 14.0. The predicted octanol–water partition coefficient (Wildman–Crippen LogP) is 6.56. The van der Waals surface area contributed by atoms with E-state index in [1.807, 2.05) is 132 Å². The molecule has 0 saturated carbocycles. The number of nitrogens with zero attached hydrogens (tertiary/aromatic N) is 4. The lowest BCUT2D eigenvalue weighted by atomic mass is 9.96. The van der Waals surface area contributed by atoms with Gasteiger partial charge in [-0.05, 0) is 78.9 Å². The van der Waals surface area contributed by atoms with Gasteiger partial charge in [0.15, 0.2) is 4.80 Å². The number of carbonyl (C=O) groups is 1. The zero-order valence-electron chi connectivity index (χ0n) is 27.1. The summed E-state index contributed by atoms with van der Waals surface area (Å²) in [7, 11) is 1.63.